The first-order valence-electron chi connectivity index (χ1n) is 7.29. The van der Waals surface area contributed by atoms with Gasteiger partial charge in [0.15, 0.2) is 0 Å². The van der Waals surface area contributed by atoms with Crippen molar-refractivity contribution in [1.29, 1.82) is 0 Å². The molecular formula is C16H21NO3. The number of methoxy groups -OCH3 is 1. The predicted molar refractivity (Wildman–Crippen MR) is 76.2 cm³/mol. The van der Waals surface area contributed by atoms with Crippen molar-refractivity contribution in [3.8, 4) is 5.75 Å². The zero-order chi connectivity index (χ0) is 13.9. The second-order valence-corrected chi connectivity index (χ2v) is 5.57. The number of benzene rings is 1. The van der Waals surface area contributed by atoms with Crippen molar-refractivity contribution < 1.29 is 14.3 Å². The lowest BCUT2D eigenvalue weighted by molar-refractivity contribution is -0.0589. The van der Waals surface area contributed by atoms with Gasteiger partial charge in [0, 0.05) is 30.3 Å². The van der Waals surface area contributed by atoms with E-state index in [1.165, 1.54) is 19.3 Å². The second kappa shape index (κ2) is 5.94. The van der Waals surface area contributed by atoms with Gasteiger partial charge in [-0.25, -0.2) is 0 Å². The molecule has 1 saturated carbocycles. The van der Waals surface area contributed by atoms with Gasteiger partial charge in [-0.15, -0.1) is 0 Å². The summed E-state index contributed by atoms with van der Waals surface area (Å²) in [5.41, 5.74) is 1.79. The molecule has 0 radical (unpaired) electrons. The van der Waals surface area contributed by atoms with E-state index < -0.39 is 0 Å². The molecule has 0 amide bonds. The Morgan fingerprint density at radius 2 is 2.35 bits per heavy atom. The number of rotatable bonds is 4. The molecule has 0 aromatic heterocycles. The third kappa shape index (κ3) is 2.58. The Morgan fingerprint density at radius 1 is 1.45 bits per heavy atom. The van der Waals surface area contributed by atoms with E-state index in [1.807, 2.05) is 12.1 Å². The first kappa shape index (κ1) is 13.6. The van der Waals surface area contributed by atoms with Crippen molar-refractivity contribution in [2.45, 2.75) is 38.0 Å². The summed E-state index contributed by atoms with van der Waals surface area (Å²) in [7, 11) is 1.68. The fourth-order valence-corrected chi connectivity index (χ4v) is 3.42. The quantitative estimate of drug-likeness (QED) is 0.790. The Kier molecular flexibility index (Phi) is 4.03. The Labute approximate surface area is 119 Å². The van der Waals surface area contributed by atoms with Gasteiger partial charge in [-0.2, -0.15) is 0 Å². The summed E-state index contributed by atoms with van der Waals surface area (Å²) in [6, 6.07) is 6.14. The highest BCUT2D eigenvalue weighted by molar-refractivity contribution is 5.75. The molecule has 1 saturated heterocycles. The highest BCUT2D eigenvalue weighted by Crippen LogP contribution is 2.32. The van der Waals surface area contributed by atoms with Gasteiger partial charge in [0.2, 0.25) is 0 Å². The smallest absolute Gasteiger partial charge is 0.150 e. The summed E-state index contributed by atoms with van der Waals surface area (Å²) in [6.07, 6.45) is 4.91. The number of nitrogens with zero attached hydrogens (tertiary/aromatic N) is 1. The van der Waals surface area contributed by atoms with Crippen LogP contribution in [0.2, 0.25) is 0 Å². The molecule has 4 heteroatoms. The summed E-state index contributed by atoms with van der Waals surface area (Å²) in [4.78, 5) is 13.4. The maximum absolute atomic E-state index is 11.0. The van der Waals surface area contributed by atoms with E-state index in [0.717, 1.165) is 37.3 Å². The van der Waals surface area contributed by atoms with Gasteiger partial charge in [-0.05, 0) is 37.5 Å². The van der Waals surface area contributed by atoms with E-state index >= 15 is 0 Å². The van der Waals surface area contributed by atoms with Crippen LogP contribution in [0.4, 0.5) is 0 Å². The van der Waals surface area contributed by atoms with Gasteiger partial charge in [0.25, 0.3) is 0 Å². The molecule has 108 valence electrons. The molecule has 1 aliphatic carbocycles. The number of carbonyl (C=O) groups is 1. The highest BCUT2D eigenvalue weighted by atomic mass is 16.5. The van der Waals surface area contributed by atoms with E-state index in [9.17, 15) is 4.79 Å². The molecule has 2 unspecified atom stereocenters. The lowest BCUT2D eigenvalue weighted by Gasteiger charge is -2.37. The molecule has 1 heterocycles. The topological polar surface area (TPSA) is 38.8 Å². The monoisotopic (exact) mass is 275 g/mol. The minimum atomic E-state index is 0.393. The minimum absolute atomic E-state index is 0.393. The third-order valence-electron chi connectivity index (χ3n) is 4.41. The Bertz CT molecular complexity index is 489. The van der Waals surface area contributed by atoms with Gasteiger partial charge in [-0.3, -0.25) is 9.69 Å². The van der Waals surface area contributed by atoms with Gasteiger partial charge in [0.1, 0.15) is 12.0 Å². The molecule has 20 heavy (non-hydrogen) atoms. The molecule has 4 nitrogen and oxygen atoms in total. The van der Waals surface area contributed by atoms with Crippen LogP contribution in [0.3, 0.4) is 0 Å². The van der Waals surface area contributed by atoms with Crippen LogP contribution >= 0.6 is 0 Å². The summed E-state index contributed by atoms with van der Waals surface area (Å²) < 4.78 is 11.3. The standard InChI is InChI=1S/C16H21NO3/c1-19-15-6-5-12(11-18)9-13(15)10-17-7-8-20-16-4-2-3-14(16)17/h5-6,9,11,14,16H,2-4,7-8,10H2,1H3. The van der Waals surface area contributed by atoms with Crippen LogP contribution < -0.4 is 4.74 Å². The summed E-state index contributed by atoms with van der Waals surface area (Å²) in [6.45, 7) is 2.59. The SMILES string of the molecule is COc1ccc(C=O)cc1CN1CCOC2CCCC21. The normalized spacial score (nSPS) is 26.2. The van der Waals surface area contributed by atoms with Crippen LogP contribution in [-0.4, -0.2) is 43.6 Å². The van der Waals surface area contributed by atoms with E-state index in [2.05, 4.69) is 4.90 Å². The second-order valence-electron chi connectivity index (χ2n) is 5.57. The Morgan fingerprint density at radius 3 is 3.15 bits per heavy atom. The average molecular weight is 275 g/mol. The molecule has 3 rings (SSSR count). The maximum atomic E-state index is 11.0. The zero-order valence-corrected chi connectivity index (χ0v) is 11.9. The van der Waals surface area contributed by atoms with Crippen molar-refractivity contribution in [2.75, 3.05) is 20.3 Å². The number of hydrogen-bond acceptors (Lipinski definition) is 4. The fourth-order valence-electron chi connectivity index (χ4n) is 3.42. The zero-order valence-electron chi connectivity index (χ0n) is 11.9. The molecule has 0 spiro atoms. The van der Waals surface area contributed by atoms with E-state index in [1.54, 1.807) is 13.2 Å². The van der Waals surface area contributed by atoms with Crippen molar-refractivity contribution in [2.24, 2.45) is 0 Å². The van der Waals surface area contributed by atoms with E-state index in [0.29, 0.717) is 17.7 Å². The molecule has 2 fully saturated rings. The summed E-state index contributed by atoms with van der Waals surface area (Å²) >= 11 is 0. The van der Waals surface area contributed by atoms with Crippen LogP contribution in [-0.2, 0) is 11.3 Å². The first-order valence-corrected chi connectivity index (χ1v) is 7.29. The molecule has 0 N–H and O–H groups in total. The van der Waals surface area contributed by atoms with Crippen LogP contribution in [0, 0.1) is 0 Å². The number of carbonyl (C=O) groups excluding carboxylic acids is 1. The number of fused-ring (bicyclic) bond motifs is 1. The lowest BCUT2D eigenvalue weighted by Crippen LogP contribution is -2.47. The number of ether oxygens (including phenoxy) is 2. The molecule has 2 atom stereocenters. The molecule has 2 aliphatic rings. The fraction of sp³-hybridized carbons (Fsp3) is 0.562. The van der Waals surface area contributed by atoms with Crippen LogP contribution in [0.1, 0.15) is 35.2 Å². The average Bonchev–Trinajstić information content (AvgIpc) is 2.96. The Hall–Kier alpha value is -1.39. The summed E-state index contributed by atoms with van der Waals surface area (Å²) in [5.74, 6) is 0.858. The molecular weight excluding hydrogens is 254 g/mol. The van der Waals surface area contributed by atoms with Gasteiger partial charge >= 0.3 is 0 Å². The number of morpholine rings is 1. The number of hydrogen-bond donors (Lipinski definition) is 0. The largest absolute Gasteiger partial charge is 0.496 e. The maximum Gasteiger partial charge on any atom is 0.150 e. The van der Waals surface area contributed by atoms with Crippen LogP contribution in [0.15, 0.2) is 18.2 Å². The van der Waals surface area contributed by atoms with Crippen molar-refractivity contribution in [3.05, 3.63) is 29.3 Å². The summed E-state index contributed by atoms with van der Waals surface area (Å²) in [5, 5.41) is 0. The van der Waals surface area contributed by atoms with Crippen molar-refractivity contribution >= 4 is 6.29 Å². The van der Waals surface area contributed by atoms with Gasteiger partial charge in [-0.1, -0.05) is 0 Å². The van der Waals surface area contributed by atoms with Gasteiger partial charge in [0.05, 0.1) is 19.8 Å². The molecule has 1 aliphatic heterocycles. The van der Waals surface area contributed by atoms with Crippen LogP contribution in [0.25, 0.3) is 0 Å². The first-order chi connectivity index (χ1) is 9.81. The van der Waals surface area contributed by atoms with E-state index in [4.69, 9.17) is 9.47 Å². The Balaban J connectivity index is 1.80. The molecule has 1 aromatic carbocycles. The third-order valence-corrected chi connectivity index (χ3v) is 4.41. The lowest BCUT2D eigenvalue weighted by atomic mass is 10.1. The van der Waals surface area contributed by atoms with Crippen molar-refractivity contribution in [1.82, 2.24) is 4.90 Å². The predicted octanol–water partition coefficient (Wildman–Crippen LogP) is 2.26. The number of aldehydes is 1. The van der Waals surface area contributed by atoms with Gasteiger partial charge < -0.3 is 9.47 Å². The highest BCUT2D eigenvalue weighted by Gasteiger charge is 2.36. The molecule has 0 bridgehead atoms. The minimum Gasteiger partial charge on any atom is -0.496 e. The van der Waals surface area contributed by atoms with E-state index in [-0.39, 0.29) is 0 Å². The van der Waals surface area contributed by atoms with Crippen molar-refractivity contribution in [3.63, 3.8) is 0 Å². The van der Waals surface area contributed by atoms with Crippen LogP contribution in [0.5, 0.6) is 5.75 Å². The molecule has 1 aromatic rings.